The molecule has 25 heavy (non-hydrogen) atoms. The third-order valence-electron chi connectivity index (χ3n) is 4.66. The number of fused-ring (bicyclic) bond motifs is 2. The number of aromatic nitrogens is 2. The van der Waals surface area contributed by atoms with E-state index in [1.165, 1.54) is 3.97 Å². The van der Waals surface area contributed by atoms with Crippen molar-refractivity contribution < 1.29 is 13.2 Å². The maximum Gasteiger partial charge on any atom is 0.268 e. The summed E-state index contributed by atoms with van der Waals surface area (Å²) in [6.45, 7) is 2.97. The van der Waals surface area contributed by atoms with Gasteiger partial charge in [0.2, 0.25) is 0 Å². The van der Waals surface area contributed by atoms with E-state index in [9.17, 15) is 8.42 Å². The molecule has 6 nitrogen and oxygen atoms in total. The molecule has 3 heterocycles. The number of benzene rings is 1. The highest BCUT2D eigenvalue weighted by molar-refractivity contribution is 7.90. The van der Waals surface area contributed by atoms with Crippen LogP contribution in [0.5, 0.6) is 5.75 Å². The van der Waals surface area contributed by atoms with E-state index in [0.29, 0.717) is 29.9 Å². The topological polar surface area (TPSA) is 87.2 Å². The minimum absolute atomic E-state index is 0.0113. The fourth-order valence-corrected chi connectivity index (χ4v) is 4.54. The van der Waals surface area contributed by atoms with E-state index in [-0.39, 0.29) is 10.8 Å². The molecule has 130 valence electrons. The summed E-state index contributed by atoms with van der Waals surface area (Å²) in [4.78, 5) is 4.58. The van der Waals surface area contributed by atoms with Gasteiger partial charge in [-0.05, 0) is 36.2 Å². The van der Waals surface area contributed by atoms with Crippen LogP contribution in [0, 0.1) is 0 Å². The zero-order valence-corrected chi connectivity index (χ0v) is 14.7. The molecule has 0 spiro atoms. The molecule has 0 saturated heterocycles. The number of nitrogens with two attached hydrogens (primary N) is 1. The van der Waals surface area contributed by atoms with Gasteiger partial charge < -0.3 is 10.5 Å². The predicted molar refractivity (Wildman–Crippen MR) is 95.4 cm³/mol. The van der Waals surface area contributed by atoms with Crippen LogP contribution in [0.1, 0.15) is 24.0 Å². The van der Waals surface area contributed by atoms with Gasteiger partial charge in [-0.2, -0.15) is 0 Å². The fraction of sp³-hybridized carbons (Fsp3) is 0.278. The molecular weight excluding hydrogens is 338 g/mol. The smallest absolute Gasteiger partial charge is 0.268 e. The summed E-state index contributed by atoms with van der Waals surface area (Å²) >= 11 is 0. The Morgan fingerprint density at radius 1 is 1.36 bits per heavy atom. The average molecular weight is 357 g/mol. The van der Waals surface area contributed by atoms with Gasteiger partial charge in [-0.1, -0.05) is 13.0 Å². The molecule has 1 atom stereocenters. The van der Waals surface area contributed by atoms with E-state index in [1.54, 1.807) is 36.7 Å². The second kappa shape index (κ2) is 5.86. The number of rotatable bonds is 4. The first-order valence-corrected chi connectivity index (χ1v) is 9.63. The number of pyridine rings is 1. The quantitative estimate of drug-likeness (QED) is 0.774. The van der Waals surface area contributed by atoms with Crippen molar-refractivity contribution in [1.82, 2.24) is 8.96 Å². The van der Waals surface area contributed by atoms with Gasteiger partial charge >= 0.3 is 0 Å². The second-order valence-corrected chi connectivity index (χ2v) is 8.08. The lowest BCUT2D eigenvalue weighted by Crippen LogP contribution is -2.12. The molecule has 0 saturated carbocycles. The van der Waals surface area contributed by atoms with Crippen molar-refractivity contribution in [2.75, 3.05) is 13.2 Å². The Bertz CT molecular complexity index is 1060. The first-order chi connectivity index (χ1) is 12.0. The van der Waals surface area contributed by atoms with Crippen LogP contribution < -0.4 is 10.5 Å². The van der Waals surface area contributed by atoms with Gasteiger partial charge in [-0.3, -0.25) is 4.98 Å². The molecule has 4 rings (SSSR count). The highest BCUT2D eigenvalue weighted by atomic mass is 32.2. The molecule has 1 unspecified atom stereocenters. The molecule has 0 bridgehead atoms. The zero-order chi connectivity index (χ0) is 17.6. The first-order valence-electron chi connectivity index (χ1n) is 8.19. The van der Waals surface area contributed by atoms with Gasteiger partial charge in [0.05, 0.1) is 22.5 Å². The SMILES string of the molecule is CC(CN)c1cn(S(=O)(=O)c2ccc3c(c2)OCC3)c2cccnc12. The Kier molecular flexibility index (Phi) is 3.77. The van der Waals surface area contributed by atoms with Gasteiger partial charge in [0.1, 0.15) is 5.75 Å². The van der Waals surface area contributed by atoms with Crippen molar-refractivity contribution in [3.63, 3.8) is 0 Å². The maximum absolute atomic E-state index is 13.2. The standard InChI is InChI=1S/C18H19N3O3S/c1-12(10-19)15-11-21(16-3-2-7-20-18(15)16)25(22,23)14-5-4-13-6-8-24-17(13)9-14/h2-5,7,9,11-12H,6,8,10,19H2,1H3. The molecule has 1 aliphatic heterocycles. The molecule has 1 aliphatic rings. The first kappa shape index (κ1) is 16.1. The van der Waals surface area contributed by atoms with E-state index in [2.05, 4.69) is 4.98 Å². The van der Waals surface area contributed by atoms with Crippen molar-refractivity contribution in [2.24, 2.45) is 5.73 Å². The molecule has 1 aromatic carbocycles. The lowest BCUT2D eigenvalue weighted by Gasteiger charge is -2.09. The Morgan fingerprint density at radius 2 is 2.20 bits per heavy atom. The summed E-state index contributed by atoms with van der Waals surface area (Å²) in [6, 6.07) is 8.55. The summed E-state index contributed by atoms with van der Waals surface area (Å²) in [6.07, 6.45) is 4.11. The van der Waals surface area contributed by atoms with Crippen LogP contribution in [0.15, 0.2) is 47.6 Å². The van der Waals surface area contributed by atoms with Crippen LogP contribution >= 0.6 is 0 Å². The molecule has 7 heteroatoms. The average Bonchev–Trinajstić information content (AvgIpc) is 3.25. The summed E-state index contributed by atoms with van der Waals surface area (Å²) in [5.41, 5.74) is 8.88. The van der Waals surface area contributed by atoms with Crippen LogP contribution in [0.2, 0.25) is 0 Å². The zero-order valence-electron chi connectivity index (χ0n) is 13.8. The third kappa shape index (κ3) is 2.51. The Balaban J connectivity index is 1.91. The highest BCUT2D eigenvalue weighted by Crippen LogP contribution is 2.32. The molecule has 0 amide bonds. The number of hydrogen-bond acceptors (Lipinski definition) is 5. The van der Waals surface area contributed by atoms with E-state index in [0.717, 1.165) is 17.5 Å². The van der Waals surface area contributed by atoms with E-state index in [1.807, 2.05) is 13.0 Å². The molecule has 0 radical (unpaired) electrons. The van der Waals surface area contributed by atoms with Crippen LogP contribution in [0.25, 0.3) is 11.0 Å². The van der Waals surface area contributed by atoms with Gasteiger partial charge in [-0.25, -0.2) is 12.4 Å². The minimum atomic E-state index is -3.75. The number of hydrogen-bond donors (Lipinski definition) is 1. The third-order valence-corrected chi connectivity index (χ3v) is 6.33. The van der Waals surface area contributed by atoms with Gasteiger partial charge in [0, 0.05) is 30.4 Å². The summed E-state index contributed by atoms with van der Waals surface area (Å²) in [5.74, 6) is 0.656. The highest BCUT2D eigenvalue weighted by Gasteiger charge is 2.25. The normalized spacial score (nSPS) is 15.1. The van der Waals surface area contributed by atoms with Gasteiger partial charge in [-0.15, -0.1) is 0 Å². The maximum atomic E-state index is 13.2. The van der Waals surface area contributed by atoms with E-state index < -0.39 is 10.0 Å². The Labute approximate surface area is 146 Å². The second-order valence-electron chi connectivity index (χ2n) is 6.26. The van der Waals surface area contributed by atoms with Crippen molar-refractivity contribution in [2.45, 2.75) is 24.2 Å². The van der Waals surface area contributed by atoms with Crippen LogP contribution in [0.4, 0.5) is 0 Å². The number of nitrogens with zero attached hydrogens (tertiary/aromatic N) is 2. The van der Waals surface area contributed by atoms with Crippen LogP contribution in [-0.4, -0.2) is 30.5 Å². The van der Waals surface area contributed by atoms with Crippen molar-refractivity contribution >= 4 is 21.1 Å². The largest absolute Gasteiger partial charge is 0.493 e. The molecule has 2 N–H and O–H groups in total. The lowest BCUT2D eigenvalue weighted by atomic mass is 10.0. The molecule has 0 fully saturated rings. The minimum Gasteiger partial charge on any atom is -0.493 e. The van der Waals surface area contributed by atoms with Crippen LogP contribution in [-0.2, 0) is 16.4 Å². The van der Waals surface area contributed by atoms with Crippen molar-refractivity contribution in [3.8, 4) is 5.75 Å². The van der Waals surface area contributed by atoms with Crippen molar-refractivity contribution in [3.05, 3.63) is 53.9 Å². The van der Waals surface area contributed by atoms with Gasteiger partial charge in [0.25, 0.3) is 10.0 Å². The summed E-state index contributed by atoms with van der Waals surface area (Å²) in [7, 11) is -3.75. The lowest BCUT2D eigenvalue weighted by molar-refractivity contribution is 0.356. The molecular formula is C18H19N3O3S. The fourth-order valence-electron chi connectivity index (χ4n) is 3.16. The Morgan fingerprint density at radius 3 is 3.00 bits per heavy atom. The Hall–Kier alpha value is -2.38. The monoisotopic (exact) mass is 357 g/mol. The predicted octanol–water partition coefficient (Wildman–Crippen LogP) is 2.27. The molecule has 3 aromatic rings. The van der Waals surface area contributed by atoms with Gasteiger partial charge in [0.15, 0.2) is 0 Å². The molecule has 2 aromatic heterocycles. The summed E-state index contributed by atoms with van der Waals surface area (Å²) < 4.78 is 33.3. The van der Waals surface area contributed by atoms with E-state index >= 15 is 0 Å². The van der Waals surface area contributed by atoms with Crippen molar-refractivity contribution in [1.29, 1.82) is 0 Å². The molecule has 0 aliphatic carbocycles. The van der Waals surface area contributed by atoms with Crippen LogP contribution in [0.3, 0.4) is 0 Å². The van der Waals surface area contributed by atoms with E-state index in [4.69, 9.17) is 10.5 Å². The number of ether oxygens (including phenoxy) is 1. The summed E-state index contributed by atoms with van der Waals surface area (Å²) in [5, 5.41) is 0.